The first-order chi connectivity index (χ1) is 11.5. The predicted octanol–water partition coefficient (Wildman–Crippen LogP) is 2.60. The average molecular weight is 364 g/mol. The number of anilines is 2. The Hall–Kier alpha value is -1.77. The van der Waals surface area contributed by atoms with E-state index in [1.54, 1.807) is 0 Å². The third-order valence-corrected chi connectivity index (χ3v) is 4.87. The van der Waals surface area contributed by atoms with Crippen LogP contribution in [0.3, 0.4) is 0 Å². The summed E-state index contributed by atoms with van der Waals surface area (Å²) in [7, 11) is 0. The van der Waals surface area contributed by atoms with Gasteiger partial charge in [-0.3, -0.25) is 4.79 Å². The maximum Gasteiger partial charge on any atom is 0.228 e. The molecule has 1 amide bonds. The van der Waals surface area contributed by atoms with Crippen molar-refractivity contribution < 1.29 is 9.53 Å². The summed E-state index contributed by atoms with van der Waals surface area (Å²) in [4.78, 5) is 18.5. The number of nitrogens with zero attached hydrogens (tertiary/aromatic N) is 2. The molecule has 128 valence electrons. The highest BCUT2D eigenvalue weighted by molar-refractivity contribution is 7.80. The molecule has 6 nitrogen and oxygen atoms in total. The van der Waals surface area contributed by atoms with Gasteiger partial charge in [0.15, 0.2) is 10.2 Å². The topological polar surface area (TPSA) is 66.5 Å². The lowest BCUT2D eigenvalue weighted by atomic mass is 10.2. The molecule has 1 aliphatic rings. The second kappa shape index (κ2) is 7.42. The fraction of sp³-hybridized carbons (Fsp3) is 0.438. The second-order valence-corrected chi connectivity index (χ2v) is 7.31. The highest BCUT2D eigenvalue weighted by Crippen LogP contribution is 2.30. The normalized spacial score (nSPS) is 14.9. The number of thiocarbonyl (C=S) groups is 1. The number of nitrogens with one attached hydrogen (secondary N) is 2. The average Bonchev–Trinajstić information content (AvgIpc) is 2.96. The highest BCUT2D eigenvalue weighted by atomic mass is 32.1. The minimum Gasteiger partial charge on any atom is -0.378 e. The van der Waals surface area contributed by atoms with E-state index in [0.29, 0.717) is 5.13 Å². The molecule has 0 saturated carbocycles. The van der Waals surface area contributed by atoms with Crippen LogP contribution in [-0.2, 0) is 9.53 Å². The van der Waals surface area contributed by atoms with Crippen molar-refractivity contribution in [2.75, 3.05) is 36.5 Å². The molecule has 0 atom stereocenters. The molecule has 8 heteroatoms. The first kappa shape index (κ1) is 17.1. The molecule has 24 heavy (non-hydrogen) atoms. The van der Waals surface area contributed by atoms with Crippen LogP contribution in [0.15, 0.2) is 18.2 Å². The summed E-state index contributed by atoms with van der Waals surface area (Å²) in [5.41, 5.74) is 2.09. The number of hydrogen-bond donors (Lipinski definition) is 2. The van der Waals surface area contributed by atoms with Crippen LogP contribution in [0.5, 0.6) is 0 Å². The zero-order valence-corrected chi connectivity index (χ0v) is 15.3. The van der Waals surface area contributed by atoms with Gasteiger partial charge >= 0.3 is 0 Å². The van der Waals surface area contributed by atoms with Crippen molar-refractivity contribution in [3.8, 4) is 0 Å². The number of aromatic nitrogens is 1. The summed E-state index contributed by atoms with van der Waals surface area (Å²) in [6.07, 6.45) is 0. The zero-order chi connectivity index (χ0) is 17.1. The number of morpholine rings is 1. The number of carbonyl (C=O) groups excluding carboxylic acids is 1. The maximum atomic E-state index is 11.7. The molecular weight excluding hydrogens is 344 g/mol. The van der Waals surface area contributed by atoms with Crippen LogP contribution in [0.4, 0.5) is 10.8 Å². The van der Waals surface area contributed by atoms with Gasteiger partial charge in [-0.25, -0.2) is 4.98 Å². The Labute approximate surface area is 150 Å². The van der Waals surface area contributed by atoms with Gasteiger partial charge in [0, 0.05) is 24.7 Å². The van der Waals surface area contributed by atoms with Gasteiger partial charge in [-0.2, -0.15) is 0 Å². The third-order valence-electron chi connectivity index (χ3n) is 3.73. The van der Waals surface area contributed by atoms with E-state index < -0.39 is 0 Å². The molecule has 0 radical (unpaired) electrons. The number of rotatable bonds is 3. The summed E-state index contributed by atoms with van der Waals surface area (Å²) in [5.74, 6) is -0.223. The maximum absolute atomic E-state index is 11.7. The summed E-state index contributed by atoms with van der Waals surface area (Å²) in [6, 6.07) is 6.23. The molecule has 2 N–H and O–H groups in total. The second-order valence-electron chi connectivity index (χ2n) is 5.87. The highest BCUT2D eigenvalue weighted by Gasteiger charge is 2.14. The first-order valence-electron chi connectivity index (χ1n) is 7.88. The Kier molecular flexibility index (Phi) is 5.27. The zero-order valence-electron chi connectivity index (χ0n) is 13.7. The molecule has 1 aromatic carbocycles. The Balaban J connectivity index is 1.71. The van der Waals surface area contributed by atoms with Gasteiger partial charge in [0.1, 0.15) is 0 Å². The fourth-order valence-electron chi connectivity index (χ4n) is 2.37. The third kappa shape index (κ3) is 4.00. The molecule has 2 aromatic rings. The number of ether oxygens (including phenoxy) is 1. The largest absolute Gasteiger partial charge is 0.378 e. The van der Waals surface area contributed by atoms with Gasteiger partial charge < -0.3 is 20.3 Å². The molecule has 0 aliphatic carbocycles. The van der Waals surface area contributed by atoms with E-state index >= 15 is 0 Å². The molecule has 1 aliphatic heterocycles. The van der Waals surface area contributed by atoms with Crippen molar-refractivity contribution >= 4 is 55.6 Å². The van der Waals surface area contributed by atoms with Gasteiger partial charge in [-0.05, 0) is 30.4 Å². The van der Waals surface area contributed by atoms with E-state index in [0.717, 1.165) is 36.5 Å². The van der Waals surface area contributed by atoms with Gasteiger partial charge in [0.2, 0.25) is 5.91 Å². The molecule has 1 aromatic heterocycles. The van der Waals surface area contributed by atoms with E-state index in [9.17, 15) is 4.79 Å². The Morgan fingerprint density at radius 2 is 2.12 bits per heavy atom. The summed E-state index contributed by atoms with van der Waals surface area (Å²) in [6.45, 7) is 6.97. The molecule has 0 bridgehead atoms. The summed E-state index contributed by atoms with van der Waals surface area (Å²) < 4.78 is 6.48. The number of thiazole rings is 1. The fourth-order valence-corrected chi connectivity index (χ4v) is 3.53. The van der Waals surface area contributed by atoms with Crippen molar-refractivity contribution in [3.63, 3.8) is 0 Å². The van der Waals surface area contributed by atoms with E-state index in [2.05, 4.69) is 32.7 Å². The Bertz CT molecular complexity index is 754. The molecule has 1 fully saturated rings. The van der Waals surface area contributed by atoms with E-state index in [4.69, 9.17) is 17.0 Å². The lowest BCUT2D eigenvalue weighted by Gasteiger charge is -2.28. The molecule has 3 rings (SSSR count). The van der Waals surface area contributed by atoms with E-state index in [-0.39, 0.29) is 16.9 Å². The Morgan fingerprint density at radius 3 is 2.83 bits per heavy atom. The van der Waals surface area contributed by atoms with Crippen molar-refractivity contribution in [2.45, 2.75) is 13.8 Å². The number of benzene rings is 1. The van der Waals surface area contributed by atoms with Crippen LogP contribution >= 0.6 is 23.6 Å². The number of carbonyl (C=O) groups is 1. The monoisotopic (exact) mass is 364 g/mol. The van der Waals surface area contributed by atoms with Crippen molar-refractivity contribution in [2.24, 2.45) is 5.92 Å². The van der Waals surface area contributed by atoms with E-state index in [1.807, 2.05) is 19.9 Å². The predicted molar refractivity (Wildman–Crippen MR) is 102 cm³/mol. The minimum atomic E-state index is -0.115. The minimum absolute atomic E-state index is 0.108. The van der Waals surface area contributed by atoms with Crippen molar-refractivity contribution in [3.05, 3.63) is 18.2 Å². The van der Waals surface area contributed by atoms with Gasteiger partial charge in [0.05, 0.1) is 23.4 Å². The van der Waals surface area contributed by atoms with Crippen LogP contribution in [0, 0.1) is 5.92 Å². The number of hydrogen-bond acceptors (Lipinski definition) is 6. The number of fused-ring (bicyclic) bond motifs is 1. The smallest absolute Gasteiger partial charge is 0.228 e. The SMILES string of the molecule is CC(C)C(=O)NC(=S)Nc1nc2ccc(N3CCOCC3)cc2s1. The summed E-state index contributed by atoms with van der Waals surface area (Å²) >= 11 is 6.69. The van der Waals surface area contributed by atoms with Crippen molar-refractivity contribution in [1.29, 1.82) is 0 Å². The van der Waals surface area contributed by atoms with Crippen LogP contribution in [0.2, 0.25) is 0 Å². The standard InChI is InChI=1S/C16H20N4O2S2/c1-10(2)14(21)18-15(23)19-16-17-12-4-3-11(9-13(12)24-16)20-5-7-22-8-6-20/h3-4,9-10H,5-8H2,1-2H3,(H2,17,18,19,21,23). The van der Waals surface area contributed by atoms with Gasteiger partial charge in [-0.15, -0.1) is 0 Å². The molecule has 0 unspecified atom stereocenters. The van der Waals surface area contributed by atoms with Crippen LogP contribution < -0.4 is 15.5 Å². The molecule has 1 saturated heterocycles. The van der Waals surface area contributed by atoms with Crippen LogP contribution in [0.25, 0.3) is 10.2 Å². The molecule has 0 spiro atoms. The molecular formula is C16H20N4O2S2. The van der Waals surface area contributed by atoms with Gasteiger partial charge in [0.25, 0.3) is 0 Å². The molecule has 2 heterocycles. The number of amides is 1. The lowest BCUT2D eigenvalue weighted by molar-refractivity contribution is -0.122. The van der Waals surface area contributed by atoms with E-state index in [1.165, 1.54) is 17.0 Å². The van der Waals surface area contributed by atoms with Crippen LogP contribution in [0.1, 0.15) is 13.8 Å². The van der Waals surface area contributed by atoms with Crippen LogP contribution in [-0.4, -0.2) is 42.3 Å². The quantitative estimate of drug-likeness (QED) is 0.816. The van der Waals surface area contributed by atoms with Gasteiger partial charge in [-0.1, -0.05) is 25.2 Å². The summed E-state index contributed by atoms with van der Waals surface area (Å²) in [5, 5.41) is 6.61. The first-order valence-corrected chi connectivity index (χ1v) is 9.10. The lowest BCUT2D eigenvalue weighted by Crippen LogP contribution is -2.36. The Morgan fingerprint density at radius 1 is 1.38 bits per heavy atom. The van der Waals surface area contributed by atoms with Crippen molar-refractivity contribution in [1.82, 2.24) is 10.3 Å².